The second-order valence-electron chi connectivity index (χ2n) is 8.25. The van der Waals surface area contributed by atoms with Gasteiger partial charge in [0.2, 0.25) is 11.8 Å². The molecule has 2 atom stereocenters. The highest BCUT2D eigenvalue weighted by atomic mass is 16.2. The van der Waals surface area contributed by atoms with E-state index in [2.05, 4.69) is 53.5 Å². The number of carbonyl (C=O) groups is 2. The van der Waals surface area contributed by atoms with Crippen LogP contribution in [0.4, 0.5) is 0 Å². The van der Waals surface area contributed by atoms with Crippen LogP contribution in [0.2, 0.25) is 0 Å². The number of amides is 2. The number of piperidine rings is 2. The predicted molar refractivity (Wildman–Crippen MR) is 109 cm³/mol. The molecule has 2 aliphatic heterocycles. The van der Waals surface area contributed by atoms with E-state index in [1.54, 1.807) is 0 Å². The van der Waals surface area contributed by atoms with Gasteiger partial charge in [-0.2, -0.15) is 0 Å². The molecule has 0 aliphatic carbocycles. The number of imide groups is 1. The van der Waals surface area contributed by atoms with Crippen LogP contribution in [0, 0.1) is 11.8 Å². The summed E-state index contributed by atoms with van der Waals surface area (Å²) in [6.45, 7) is 4.97. The van der Waals surface area contributed by atoms with Gasteiger partial charge >= 0.3 is 0 Å². The van der Waals surface area contributed by atoms with Crippen molar-refractivity contribution in [3.05, 3.63) is 71.8 Å². The summed E-state index contributed by atoms with van der Waals surface area (Å²) in [4.78, 5) is 27.7. The first kappa shape index (κ1) is 18.9. The summed E-state index contributed by atoms with van der Waals surface area (Å²) in [6.07, 6.45) is 2.34. The maximum absolute atomic E-state index is 13.3. The number of nitrogens with one attached hydrogen (secondary N) is 1. The van der Waals surface area contributed by atoms with Crippen molar-refractivity contribution in [2.45, 2.75) is 38.1 Å². The molecule has 2 aromatic rings. The highest BCUT2D eigenvalue weighted by Gasteiger charge is 2.54. The van der Waals surface area contributed by atoms with Gasteiger partial charge < -0.3 is 0 Å². The smallest absolute Gasteiger partial charge is 0.237 e. The molecule has 2 aliphatic rings. The zero-order valence-corrected chi connectivity index (χ0v) is 16.4. The summed E-state index contributed by atoms with van der Waals surface area (Å²) in [7, 11) is 0. The van der Waals surface area contributed by atoms with Crippen molar-refractivity contribution in [2.75, 3.05) is 13.1 Å². The minimum absolute atomic E-state index is 0.00169. The Balaban J connectivity index is 1.57. The lowest BCUT2D eigenvalue weighted by atomic mass is 9.57. The summed E-state index contributed by atoms with van der Waals surface area (Å²) < 4.78 is 0. The molecule has 28 heavy (non-hydrogen) atoms. The van der Waals surface area contributed by atoms with Crippen LogP contribution < -0.4 is 5.32 Å². The van der Waals surface area contributed by atoms with Gasteiger partial charge in [-0.1, -0.05) is 67.6 Å². The van der Waals surface area contributed by atoms with Crippen molar-refractivity contribution in [1.29, 1.82) is 0 Å². The number of hydrogen-bond acceptors (Lipinski definition) is 3. The van der Waals surface area contributed by atoms with Gasteiger partial charge in [-0.25, -0.2) is 0 Å². The summed E-state index contributed by atoms with van der Waals surface area (Å²) in [6, 6.07) is 20.6. The van der Waals surface area contributed by atoms with Gasteiger partial charge in [-0.15, -0.1) is 0 Å². The molecular weight excluding hydrogens is 348 g/mol. The molecule has 146 valence electrons. The van der Waals surface area contributed by atoms with Crippen molar-refractivity contribution in [1.82, 2.24) is 10.2 Å². The topological polar surface area (TPSA) is 49.4 Å². The zero-order chi connectivity index (χ0) is 19.6. The minimum atomic E-state index is -0.617. The molecule has 0 radical (unpaired) electrons. The van der Waals surface area contributed by atoms with E-state index in [0.29, 0.717) is 6.42 Å². The third kappa shape index (κ3) is 3.37. The molecule has 2 aromatic carbocycles. The van der Waals surface area contributed by atoms with Crippen LogP contribution in [0.3, 0.4) is 0 Å². The van der Waals surface area contributed by atoms with E-state index in [9.17, 15) is 9.59 Å². The Bertz CT molecular complexity index is 828. The van der Waals surface area contributed by atoms with Crippen molar-refractivity contribution in [3.63, 3.8) is 0 Å². The lowest BCUT2D eigenvalue weighted by Crippen LogP contribution is -2.61. The number of rotatable bonds is 4. The Kier molecular flexibility index (Phi) is 5.31. The van der Waals surface area contributed by atoms with E-state index in [4.69, 9.17) is 0 Å². The minimum Gasteiger partial charge on any atom is -0.299 e. The lowest BCUT2D eigenvalue weighted by molar-refractivity contribution is -0.144. The normalized spacial score (nSPS) is 26.8. The predicted octanol–water partition coefficient (Wildman–Crippen LogP) is 3.52. The highest BCUT2D eigenvalue weighted by Crippen LogP contribution is 2.47. The van der Waals surface area contributed by atoms with Gasteiger partial charge in [-0.05, 0) is 48.9 Å². The Labute approximate surface area is 166 Å². The lowest BCUT2D eigenvalue weighted by Gasteiger charge is -2.49. The summed E-state index contributed by atoms with van der Waals surface area (Å²) in [5, 5.41) is 2.66. The van der Waals surface area contributed by atoms with Crippen LogP contribution in [0.25, 0.3) is 0 Å². The monoisotopic (exact) mass is 376 g/mol. The summed E-state index contributed by atoms with van der Waals surface area (Å²) in [5.74, 6) is -0.0126. The third-order valence-electron chi connectivity index (χ3n) is 6.63. The number of nitrogens with zero attached hydrogens (tertiary/aromatic N) is 1. The second kappa shape index (κ2) is 7.88. The molecule has 2 amide bonds. The second-order valence-corrected chi connectivity index (χ2v) is 8.25. The molecule has 2 unspecified atom stereocenters. The molecule has 0 saturated carbocycles. The molecule has 1 N–H and O–H groups in total. The number of carbonyl (C=O) groups excluding carboxylic acids is 2. The first-order valence-electron chi connectivity index (χ1n) is 10.3. The molecule has 0 spiro atoms. The van der Waals surface area contributed by atoms with E-state index in [0.717, 1.165) is 38.0 Å². The highest BCUT2D eigenvalue weighted by molar-refractivity contribution is 6.04. The van der Waals surface area contributed by atoms with Crippen LogP contribution in [0.15, 0.2) is 60.7 Å². The molecule has 4 rings (SSSR count). The molecule has 4 heteroatoms. The third-order valence-corrected chi connectivity index (χ3v) is 6.63. The standard InChI is InChI=1S/C24H28N2O2/c1-18-16-22(27)25-23(28)24(18,20-10-6-3-7-11-20)21-12-14-26(15-13-21)17-19-8-4-2-5-9-19/h2-11,18,21H,12-17H2,1H3,(H,25,27,28). The van der Waals surface area contributed by atoms with E-state index in [1.165, 1.54) is 5.56 Å². The number of benzene rings is 2. The van der Waals surface area contributed by atoms with Gasteiger partial charge in [0.25, 0.3) is 0 Å². The average molecular weight is 377 g/mol. The zero-order valence-electron chi connectivity index (χ0n) is 16.4. The molecule has 2 heterocycles. The molecule has 0 aromatic heterocycles. The van der Waals surface area contributed by atoms with Crippen molar-refractivity contribution >= 4 is 11.8 Å². The molecule has 2 fully saturated rings. The molecule has 2 saturated heterocycles. The van der Waals surface area contributed by atoms with Gasteiger partial charge in [0, 0.05) is 13.0 Å². The van der Waals surface area contributed by atoms with Crippen LogP contribution in [-0.4, -0.2) is 29.8 Å². The van der Waals surface area contributed by atoms with E-state index in [-0.39, 0.29) is 23.7 Å². The average Bonchev–Trinajstić information content (AvgIpc) is 2.70. The fourth-order valence-electron chi connectivity index (χ4n) is 5.29. The summed E-state index contributed by atoms with van der Waals surface area (Å²) in [5.41, 5.74) is 1.76. The largest absolute Gasteiger partial charge is 0.299 e. The summed E-state index contributed by atoms with van der Waals surface area (Å²) >= 11 is 0. The SMILES string of the molecule is CC1CC(=O)NC(=O)C1(c1ccccc1)C1CCN(Cc2ccccc2)CC1. The Morgan fingerprint density at radius 2 is 1.57 bits per heavy atom. The van der Waals surface area contributed by atoms with E-state index in [1.807, 2.05) is 24.3 Å². The first-order chi connectivity index (χ1) is 13.6. The number of hydrogen-bond donors (Lipinski definition) is 1. The van der Waals surface area contributed by atoms with Crippen molar-refractivity contribution in [2.24, 2.45) is 11.8 Å². The quantitative estimate of drug-likeness (QED) is 0.831. The Morgan fingerprint density at radius 1 is 0.964 bits per heavy atom. The van der Waals surface area contributed by atoms with Crippen molar-refractivity contribution in [3.8, 4) is 0 Å². The number of likely N-dealkylation sites (tertiary alicyclic amines) is 1. The van der Waals surface area contributed by atoms with Crippen molar-refractivity contribution < 1.29 is 9.59 Å². The van der Waals surface area contributed by atoms with Crippen LogP contribution in [0.5, 0.6) is 0 Å². The maximum atomic E-state index is 13.3. The van der Waals surface area contributed by atoms with Crippen LogP contribution in [0.1, 0.15) is 37.3 Å². The fraction of sp³-hybridized carbons (Fsp3) is 0.417. The first-order valence-corrected chi connectivity index (χ1v) is 10.3. The van der Waals surface area contributed by atoms with Gasteiger partial charge in [0.05, 0.1) is 5.41 Å². The fourth-order valence-corrected chi connectivity index (χ4v) is 5.29. The molecular formula is C24H28N2O2. The molecule has 0 bridgehead atoms. The van der Waals surface area contributed by atoms with E-state index >= 15 is 0 Å². The Hall–Kier alpha value is -2.46. The Morgan fingerprint density at radius 3 is 2.18 bits per heavy atom. The van der Waals surface area contributed by atoms with Gasteiger partial charge in [0.1, 0.15) is 0 Å². The van der Waals surface area contributed by atoms with Crippen LogP contribution >= 0.6 is 0 Å². The van der Waals surface area contributed by atoms with E-state index < -0.39 is 5.41 Å². The van der Waals surface area contributed by atoms with Gasteiger partial charge in [-0.3, -0.25) is 19.8 Å². The van der Waals surface area contributed by atoms with Crippen LogP contribution in [-0.2, 0) is 21.5 Å². The maximum Gasteiger partial charge on any atom is 0.237 e. The molecule has 4 nitrogen and oxygen atoms in total. The van der Waals surface area contributed by atoms with Gasteiger partial charge in [0.15, 0.2) is 0 Å².